The first-order valence-electron chi connectivity index (χ1n) is 8.39. The Hall–Kier alpha value is -1.39. The van der Waals surface area contributed by atoms with E-state index < -0.39 is 0 Å². The Kier molecular flexibility index (Phi) is 3.89. The molecule has 2 atom stereocenters. The molecule has 0 aliphatic carbocycles. The van der Waals surface area contributed by atoms with Gasteiger partial charge in [-0.2, -0.15) is 0 Å². The highest BCUT2D eigenvalue weighted by molar-refractivity contribution is 5.81. The van der Waals surface area contributed by atoms with Crippen molar-refractivity contribution >= 4 is 5.78 Å². The second-order valence-electron chi connectivity index (χ2n) is 6.77. The van der Waals surface area contributed by atoms with Gasteiger partial charge in [0.2, 0.25) is 0 Å². The summed E-state index contributed by atoms with van der Waals surface area (Å²) in [5.74, 6) is 1.66. The lowest BCUT2D eigenvalue weighted by molar-refractivity contribution is -0.125. The molecule has 0 amide bonds. The molecule has 2 saturated heterocycles. The summed E-state index contributed by atoms with van der Waals surface area (Å²) in [6.07, 6.45) is 4.38. The van der Waals surface area contributed by atoms with Gasteiger partial charge in [0.15, 0.2) is 0 Å². The molecule has 0 radical (unpaired) electrons. The third-order valence-electron chi connectivity index (χ3n) is 5.12. The van der Waals surface area contributed by atoms with E-state index in [0.29, 0.717) is 24.3 Å². The molecule has 2 unspecified atom stereocenters. The van der Waals surface area contributed by atoms with Crippen LogP contribution in [0.4, 0.5) is 0 Å². The highest BCUT2D eigenvalue weighted by atomic mass is 16.5. The van der Waals surface area contributed by atoms with Crippen molar-refractivity contribution in [1.29, 1.82) is 0 Å². The van der Waals surface area contributed by atoms with Gasteiger partial charge in [-0.05, 0) is 36.5 Å². The zero-order valence-electron chi connectivity index (χ0n) is 12.8. The van der Waals surface area contributed by atoms with E-state index in [1.54, 1.807) is 0 Å². The van der Waals surface area contributed by atoms with E-state index in [1.165, 1.54) is 11.1 Å². The number of hydrogen-bond donors (Lipinski definition) is 1. The fraction of sp³-hybridized carbons (Fsp3) is 0.611. The lowest BCUT2D eigenvalue weighted by atomic mass is 9.82. The molecule has 0 aromatic heterocycles. The van der Waals surface area contributed by atoms with Gasteiger partial charge in [-0.1, -0.05) is 12.1 Å². The Morgan fingerprint density at radius 2 is 2.05 bits per heavy atom. The van der Waals surface area contributed by atoms with E-state index in [0.717, 1.165) is 51.3 Å². The number of aryl methyl sites for hydroxylation is 1. The minimum Gasteiger partial charge on any atom is -0.493 e. The van der Waals surface area contributed by atoms with Gasteiger partial charge in [0, 0.05) is 30.8 Å². The number of hydrogen-bond acceptors (Lipinski definition) is 4. The molecule has 1 N–H and O–H groups in total. The molecule has 1 aromatic rings. The summed E-state index contributed by atoms with van der Waals surface area (Å²) in [4.78, 5) is 12.5. The van der Waals surface area contributed by atoms with Gasteiger partial charge in [0.05, 0.1) is 19.8 Å². The van der Waals surface area contributed by atoms with E-state index in [-0.39, 0.29) is 5.92 Å². The van der Waals surface area contributed by atoms with Crippen molar-refractivity contribution in [2.75, 3.05) is 19.8 Å². The molecule has 0 saturated carbocycles. The molecule has 22 heavy (non-hydrogen) atoms. The van der Waals surface area contributed by atoms with Gasteiger partial charge in [0.1, 0.15) is 11.5 Å². The second-order valence-corrected chi connectivity index (χ2v) is 6.77. The van der Waals surface area contributed by atoms with E-state index in [1.807, 2.05) is 0 Å². The molecule has 3 heterocycles. The van der Waals surface area contributed by atoms with Crippen molar-refractivity contribution in [3.05, 3.63) is 29.3 Å². The molecular formula is C18H23NO3. The standard InChI is InChI=1S/C18H23NO3/c20-17(14-8-15-10-21-11-16(9-14)19-15)3-1-12-2-4-18-13(7-12)5-6-22-18/h2,4,7,14-16,19H,1,3,5-6,8-11H2. The molecule has 4 heteroatoms. The Morgan fingerprint density at radius 1 is 1.23 bits per heavy atom. The number of Topliss-reactive ketones (excluding diaryl/α,β-unsaturated/α-hetero) is 1. The zero-order valence-corrected chi connectivity index (χ0v) is 12.8. The first kappa shape index (κ1) is 14.2. The summed E-state index contributed by atoms with van der Waals surface area (Å²) >= 11 is 0. The van der Waals surface area contributed by atoms with Crippen molar-refractivity contribution in [1.82, 2.24) is 5.32 Å². The third kappa shape index (κ3) is 2.90. The third-order valence-corrected chi connectivity index (χ3v) is 5.12. The summed E-state index contributed by atoms with van der Waals surface area (Å²) < 4.78 is 11.1. The topological polar surface area (TPSA) is 47.6 Å². The SMILES string of the molecule is O=C(CCc1ccc2c(c1)CCO2)C1CC2COCC(C1)N2. The first-order valence-corrected chi connectivity index (χ1v) is 8.39. The Balaban J connectivity index is 1.34. The molecule has 1 aromatic carbocycles. The molecule has 0 spiro atoms. The van der Waals surface area contributed by atoms with Crippen LogP contribution in [0.1, 0.15) is 30.4 Å². The van der Waals surface area contributed by atoms with Crippen LogP contribution in [-0.2, 0) is 22.4 Å². The van der Waals surface area contributed by atoms with Crippen LogP contribution in [-0.4, -0.2) is 37.7 Å². The maximum absolute atomic E-state index is 12.5. The Bertz CT molecular complexity index is 559. The zero-order chi connectivity index (χ0) is 14.9. The molecule has 118 valence electrons. The summed E-state index contributed by atoms with van der Waals surface area (Å²) in [5, 5.41) is 3.55. The maximum atomic E-state index is 12.5. The number of carbonyl (C=O) groups is 1. The van der Waals surface area contributed by atoms with E-state index in [4.69, 9.17) is 9.47 Å². The van der Waals surface area contributed by atoms with Crippen molar-refractivity contribution in [3.8, 4) is 5.75 Å². The molecule has 2 bridgehead atoms. The molecule has 3 aliphatic rings. The fourth-order valence-corrected chi connectivity index (χ4v) is 3.97. The van der Waals surface area contributed by atoms with Crippen molar-refractivity contribution in [3.63, 3.8) is 0 Å². The molecule has 2 fully saturated rings. The highest BCUT2D eigenvalue weighted by Gasteiger charge is 2.34. The van der Waals surface area contributed by atoms with Gasteiger partial charge < -0.3 is 14.8 Å². The number of morpholine rings is 1. The average Bonchev–Trinajstić information content (AvgIpc) is 2.99. The number of fused-ring (bicyclic) bond motifs is 3. The predicted molar refractivity (Wildman–Crippen MR) is 83.2 cm³/mol. The normalized spacial score (nSPS) is 29.7. The van der Waals surface area contributed by atoms with Gasteiger partial charge in [0.25, 0.3) is 0 Å². The summed E-state index contributed by atoms with van der Waals surface area (Å²) in [6.45, 7) is 2.30. The number of carbonyl (C=O) groups excluding carboxylic acids is 1. The number of rotatable bonds is 4. The van der Waals surface area contributed by atoms with Crippen molar-refractivity contribution in [2.45, 2.75) is 44.2 Å². The van der Waals surface area contributed by atoms with Crippen LogP contribution in [0.2, 0.25) is 0 Å². The van der Waals surface area contributed by atoms with Gasteiger partial charge in [-0.25, -0.2) is 0 Å². The van der Waals surface area contributed by atoms with Crippen LogP contribution < -0.4 is 10.1 Å². The van der Waals surface area contributed by atoms with Crippen molar-refractivity contribution in [2.24, 2.45) is 5.92 Å². The molecule has 4 rings (SSSR count). The first-order chi connectivity index (χ1) is 10.8. The number of ketones is 1. The monoisotopic (exact) mass is 301 g/mol. The summed E-state index contributed by atoms with van der Waals surface area (Å²) in [7, 11) is 0. The minimum atomic E-state index is 0.220. The molecule has 4 nitrogen and oxygen atoms in total. The second kappa shape index (κ2) is 6.01. The van der Waals surface area contributed by atoms with Gasteiger partial charge in [-0.15, -0.1) is 0 Å². The Labute approximate surface area is 131 Å². The van der Waals surface area contributed by atoms with Gasteiger partial charge >= 0.3 is 0 Å². The molecular weight excluding hydrogens is 278 g/mol. The number of ether oxygens (including phenoxy) is 2. The fourth-order valence-electron chi connectivity index (χ4n) is 3.97. The minimum absolute atomic E-state index is 0.220. The number of nitrogens with one attached hydrogen (secondary N) is 1. The summed E-state index contributed by atoms with van der Waals surface area (Å²) in [5.41, 5.74) is 2.55. The quantitative estimate of drug-likeness (QED) is 0.922. The largest absolute Gasteiger partial charge is 0.493 e. The highest BCUT2D eigenvalue weighted by Crippen LogP contribution is 2.28. The Morgan fingerprint density at radius 3 is 2.86 bits per heavy atom. The number of piperidine rings is 1. The van der Waals surface area contributed by atoms with Crippen LogP contribution in [0.3, 0.4) is 0 Å². The predicted octanol–water partition coefficient (Wildman–Crippen LogP) is 1.89. The maximum Gasteiger partial charge on any atom is 0.136 e. The van der Waals surface area contributed by atoms with E-state index in [9.17, 15) is 4.79 Å². The van der Waals surface area contributed by atoms with E-state index >= 15 is 0 Å². The van der Waals surface area contributed by atoms with Gasteiger partial charge in [-0.3, -0.25) is 4.79 Å². The van der Waals surface area contributed by atoms with Crippen LogP contribution in [0.15, 0.2) is 18.2 Å². The van der Waals surface area contributed by atoms with Crippen LogP contribution >= 0.6 is 0 Å². The molecule has 3 aliphatic heterocycles. The van der Waals surface area contributed by atoms with Crippen LogP contribution in [0.25, 0.3) is 0 Å². The van der Waals surface area contributed by atoms with Crippen LogP contribution in [0.5, 0.6) is 5.75 Å². The average molecular weight is 301 g/mol. The lowest BCUT2D eigenvalue weighted by Crippen LogP contribution is -2.55. The van der Waals surface area contributed by atoms with Crippen LogP contribution in [0, 0.1) is 5.92 Å². The lowest BCUT2D eigenvalue weighted by Gasteiger charge is -2.39. The smallest absolute Gasteiger partial charge is 0.136 e. The van der Waals surface area contributed by atoms with Crippen molar-refractivity contribution < 1.29 is 14.3 Å². The number of benzene rings is 1. The van der Waals surface area contributed by atoms with E-state index in [2.05, 4.69) is 23.5 Å². The summed E-state index contributed by atoms with van der Waals surface area (Å²) in [6, 6.07) is 7.11.